The van der Waals surface area contributed by atoms with E-state index in [1.165, 1.54) is 25.7 Å². The van der Waals surface area contributed by atoms with E-state index in [9.17, 15) is 10.2 Å². The highest BCUT2D eigenvalue weighted by Gasteiger charge is 2.29. The number of methoxy groups -OCH3 is 8. The highest BCUT2D eigenvalue weighted by atomic mass is 16.7. The van der Waals surface area contributed by atoms with Crippen molar-refractivity contribution in [2.75, 3.05) is 142 Å². The molecule has 1 atom stereocenters. The van der Waals surface area contributed by atoms with Gasteiger partial charge in [0.2, 0.25) is 0 Å². The molecule has 3 N–H and O–H groups in total. The van der Waals surface area contributed by atoms with Crippen LogP contribution in [0.3, 0.4) is 0 Å². The number of piperidine rings is 1. The van der Waals surface area contributed by atoms with Gasteiger partial charge >= 0.3 is 0 Å². The van der Waals surface area contributed by atoms with Gasteiger partial charge in [-0.1, -0.05) is 0 Å². The number of rotatable bonds is 31. The number of ether oxygens (including phenoxy) is 10. The van der Waals surface area contributed by atoms with Crippen LogP contribution in [0.1, 0.15) is 44.0 Å². The number of hydrogen-bond acceptors (Lipinski definition) is 29. The average Bonchev–Trinajstić information content (AvgIpc) is 1.74. The summed E-state index contributed by atoms with van der Waals surface area (Å²) in [5.41, 5.74) is 21.8. The fourth-order valence-electron chi connectivity index (χ4n) is 16.0. The normalized spacial score (nSPS) is 13.5. The number of hydrogen-bond donors (Lipinski definition) is 3. The Kier molecular flexibility index (Phi) is 29.2. The van der Waals surface area contributed by atoms with Gasteiger partial charge in [0.1, 0.15) is 40.2 Å². The molecule has 19 rings (SSSR count). The first kappa shape index (κ1) is 90.9. The summed E-state index contributed by atoms with van der Waals surface area (Å²) >= 11 is 0. The summed E-state index contributed by atoms with van der Waals surface area (Å²) in [6.45, 7) is 6.08. The van der Waals surface area contributed by atoms with Crippen LogP contribution >= 0.6 is 0 Å². The van der Waals surface area contributed by atoms with E-state index in [1.54, 1.807) is 119 Å². The summed E-state index contributed by atoms with van der Waals surface area (Å²) in [6.07, 6.45) is 26.9. The van der Waals surface area contributed by atoms with E-state index < -0.39 is 6.10 Å². The van der Waals surface area contributed by atoms with Gasteiger partial charge in [0, 0.05) is 196 Å². The van der Waals surface area contributed by atoms with Crippen molar-refractivity contribution in [3.63, 3.8) is 0 Å². The van der Waals surface area contributed by atoms with Gasteiger partial charge < -0.3 is 82.5 Å². The Bertz CT molecular complexity index is 6570. The van der Waals surface area contributed by atoms with Crippen molar-refractivity contribution in [2.45, 2.75) is 44.5 Å². The van der Waals surface area contributed by atoms with Crippen molar-refractivity contribution in [3.8, 4) is 85.3 Å². The molecule has 0 bridgehead atoms. The fraction of sp³-hybridized carbons (Fsp3) is 0.313. The van der Waals surface area contributed by atoms with Crippen LogP contribution in [-0.4, -0.2) is 218 Å². The molecular formula is C99H109N21O12. The molecule has 8 aromatic heterocycles. The topological polar surface area (TPSA) is 332 Å². The highest BCUT2D eigenvalue weighted by Crippen LogP contribution is 2.43. The summed E-state index contributed by atoms with van der Waals surface area (Å²) < 4.78 is 62.3. The Morgan fingerprint density at radius 3 is 1.17 bits per heavy atom. The molecule has 2 aliphatic heterocycles. The molecule has 3 fully saturated rings. The summed E-state index contributed by atoms with van der Waals surface area (Å²) in [6, 6.07) is 47.6. The van der Waals surface area contributed by atoms with Crippen molar-refractivity contribution in [2.24, 2.45) is 40.0 Å². The van der Waals surface area contributed by atoms with Gasteiger partial charge in [-0.05, 0) is 154 Å². The van der Waals surface area contributed by atoms with E-state index in [4.69, 9.17) is 67.3 Å². The predicted molar refractivity (Wildman–Crippen MR) is 509 cm³/mol. The molecule has 10 heterocycles. The van der Waals surface area contributed by atoms with E-state index in [1.807, 2.05) is 166 Å². The lowest BCUT2D eigenvalue weighted by Gasteiger charge is -2.29. The van der Waals surface area contributed by atoms with Gasteiger partial charge in [-0.2, -0.15) is 20.4 Å². The third kappa shape index (κ3) is 22.2. The molecule has 33 nitrogen and oxygen atoms in total. The second-order valence-corrected chi connectivity index (χ2v) is 32.3. The molecule has 682 valence electrons. The monoisotopic (exact) mass is 1780 g/mol. The van der Waals surface area contributed by atoms with E-state index in [0.717, 1.165) is 190 Å². The van der Waals surface area contributed by atoms with Crippen LogP contribution in [-0.2, 0) is 42.4 Å². The molecular weight excluding hydrogens is 1680 g/mol. The number of nitrogens with zero attached hydrogens (tertiary/aromatic N) is 20. The van der Waals surface area contributed by atoms with Gasteiger partial charge in [-0.3, -0.25) is 38.7 Å². The van der Waals surface area contributed by atoms with Crippen LogP contribution in [0.4, 0.5) is 45.5 Å². The molecule has 0 radical (unpaired) electrons. The Labute approximate surface area is 765 Å². The van der Waals surface area contributed by atoms with Crippen LogP contribution in [0.15, 0.2) is 220 Å². The average molecular weight is 1790 g/mol. The standard InChI is InChI=1S/C27H32N6O2.C26H27N5O3.C24H27N5O4.C22H23N5O3/c1-32-18-20(16-30-32)27-17-29-25-5-4-21(14-26(25)31-27)33(11-8-19-6-9-28-10-7-19)22-12-23(34-2)15-24(13-22)35-3;1-30-16-19(13-28-30)25-14-27-23-6-5-20(12-24(23)29-25)31(15-17-3-4-17)21-9-18(10-22(11-21)32-2)26-33-7-8-34-26;1-28-13-16(11-26-28)24-12-25-22-6-5-17(9-23(22)27-24)29(14-19(30)15-31-2)18-7-20(32-3)10-21(8-18)33-4;1-26-14-15(12-24-26)20-13-23-18-6-4-16(10-19(18)25-20)27(8-9-28)21-11-17(29-2)5-7-22(21)30-3/h4-5,12-19,28H,6-11H2,1-3H3;5-6,9-14,16-17,26H,3-4,7-8,15H2,1-2H3;5-13,19,30H,14-15H2,1-4H3;4-7,10-14,28H,8-9H2,1-3H3. The molecule has 0 amide bonds. The predicted octanol–water partition coefficient (Wildman–Crippen LogP) is 15.6. The van der Waals surface area contributed by atoms with Crippen molar-refractivity contribution in [1.82, 2.24) is 84.3 Å². The first-order valence-electron chi connectivity index (χ1n) is 43.6. The zero-order valence-electron chi connectivity index (χ0n) is 76.1. The summed E-state index contributed by atoms with van der Waals surface area (Å²) in [4.78, 5) is 46.4. The third-order valence-electron chi connectivity index (χ3n) is 23.1. The molecule has 1 saturated carbocycles. The lowest BCUT2D eigenvalue weighted by atomic mass is 9.94. The molecule has 3 aliphatic rings. The summed E-state index contributed by atoms with van der Waals surface area (Å²) in [5.74, 6) is 6.39. The summed E-state index contributed by atoms with van der Waals surface area (Å²) in [7, 11) is 20.6. The van der Waals surface area contributed by atoms with Crippen molar-refractivity contribution >= 4 is 89.6 Å². The molecule has 33 heteroatoms. The third-order valence-corrected chi connectivity index (χ3v) is 23.1. The number of aromatic nitrogens is 16. The maximum Gasteiger partial charge on any atom is 0.184 e. The highest BCUT2D eigenvalue weighted by molar-refractivity contribution is 5.87. The van der Waals surface area contributed by atoms with Crippen molar-refractivity contribution in [3.05, 3.63) is 226 Å². The number of nitrogens with one attached hydrogen (secondary N) is 1. The molecule has 0 spiro atoms. The van der Waals surface area contributed by atoms with Crippen molar-refractivity contribution < 1.29 is 57.6 Å². The maximum absolute atomic E-state index is 10.5. The lowest BCUT2D eigenvalue weighted by molar-refractivity contribution is -0.0442. The quantitative estimate of drug-likeness (QED) is 0.0363. The number of anilines is 8. The van der Waals surface area contributed by atoms with Gasteiger partial charge in [0.05, 0.1) is 211 Å². The number of aliphatic hydroxyl groups is 2. The van der Waals surface area contributed by atoms with Gasteiger partial charge in [0.15, 0.2) is 6.29 Å². The number of aryl methyl sites for hydroxylation is 4. The van der Waals surface area contributed by atoms with E-state index in [2.05, 4.69) is 104 Å². The first-order valence-corrected chi connectivity index (χ1v) is 43.6. The van der Waals surface area contributed by atoms with Crippen LogP contribution in [0.5, 0.6) is 40.2 Å². The molecule has 132 heavy (non-hydrogen) atoms. The first-order chi connectivity index (χ1) is 64.4. The fourth-order valence-corrected chi connectivity index (χ4v) is 16.0. The number of fused-ring (bicyclic) bond motifs is 4. The second-order valence-electron chi connectivity index (χ2n) is 32.3. The zero-order valence-corrected chi connectivity index (χ0v) is 76.1. The van der Waals surface area contributed by atoms with Crippen LogP contribution in [0.2, 0.25) is 0 Å². The van der Waals surface area contributed by atoms with Gasteiger partial charge in [-0.25, -0.2) is 19.9 Å². The Morgan fingerprint density at radius 2 is 0.780 bits per heavy atom. The number of benzene rings is 8. The molecule has 1 aliphatic carbocycles. The lowest BCUT2D eigenvalue weighted by Crippen LogP contribution is -2.31. The largest absolute Gasteiger partial charge is 0.497 e. The molecule has 8 aromatic carbocycles. The van der Waals surface area contributed by atoms with Crippen LogP contribution in [0.25, 0.3) is 89.2 Å². The molecule has 2 saturated heterocycles. The second kappa shape index (κ2) is 42.4. The Morgan fingerprint density at radius 1 is 0.386 bits per heavy atom. The molecule has 1 unspecified atom stereocenters. The zero-order chi connectivity index (χ0) is 91.7. The van der Waals surface area contributed by atoms with Gasteiger partial charge in [0.25, 0.3) is 0 Å². The Hall–Kier alpha value is -14.5. The van der Waals surface area contributed by atoms with Crippen LogP contribution < -0.4 is 58.1 Å². The Balaban J connectivity index is 0.000000129. The van der Waals surface area contributed by atoms with E-state index in [0.29, 0.717) is 61.1 Å². The van der Waals surface area contributed by atoms with Crippen LogP contribution in [0, 0.1) is 11.8 Å². The minimum atomic E-state index is -0.712. The van der Waals surface area contributed by atoms with E-state index in [-0.39, 0.29) is 19.5 Å². The minimum absolute atomic E-state index is 0.0280. The summed E-state index contributed by atoms with van der Waals surface area (Å²) in [5, 5.41) is 40.7. The smallest absolute Gasteiger partial charge is 0.184 e. The van der Waals surface area contributed by atoms with E-state index >= 15 is 0 Å². The van der Waals surface area contributed by atoms with Gasteiger partial charge in [-0.15, -0.1) is 0 Å². The number of aliphatic hydroxyl groups excluding tert-OH is 2. The van der Waals surface area contributed by atoms with Crippen molar-refractivity contribution in [1.29, 1.82) is 0 Å². The molecule has 16 aromatic rings. The minimum Gasteiger partial charge on any atom is -0.497 e. The SMILES string of the molecule is COCC(O)CN(c1cc(OC)cc(OC)c1)c1ccc2ncc(-c3cnn(C)c3)nc2c1.COc1cc(C2OCCO2)cc(N(CC2CC2)c2ccc3ncc(-c4cnn(C)c4)nc3c2)c1.COc1cc(OC)cc(N(CCC2CCNCC2)c2ccc3ncc(-c4cnn(C)c4)nc3c2)c1.COc1ccc(OC)c(N(CCO)c2ccc3ncc(-c4cnn(C)c4)nc3c2)c1. The maximum atomic E-state index is 10.5.